The highest BCUT2D eigenvalue weighted by Crippen LogP contribution is 2.40. The highest BCUT2D eigenvalue weighted by molar-refractivity contribution is 5.65. The molecule has 3 rings (SSSR count). The molecule has 1 fully saturated rings. The Bertz CT molecular complexity index is 608. The number of anilines is 1. The largest absolute Gasteiger partial charge is 0.493 e. The smallest absolute Gasteiger partial charge is 0.165 e. The zero-order valence-electron chi connectivity index (χ0n) is 11.9. The summed E-state index contributed by atoms with van der Waals surface area (Å²) in [5.74, 6) is 3.04. The van der Waals surface area contributed by atoms with Crippen molar-refractivity contribution in [2.24, 2.45) is 0 Å². The van der Waals surface area contributed by atoms with Crippen LogP contribution in [0.3, 0.4) is 0 Å². The van der Waals surface area contributed by atoms with Gasteiger partial charge in [0.1, 0.15) is 11.6 Å². The minimum absolute atomic E-state index is 0.600. The van der Waals surface area contributed by atoms with E-state index in [4.69, 9.17) is 9.72 Å². The number of benzene rings is 1. The van der Waals surface area contributed by atoms with Crippen LogP contribution in [-0.4, -0.2) is 23.6 Å². The van der Waals surface area contributed by atoms with Crippen molar-refractivity contribution in [3.8, 4) is 17.1 Å². The molecule has 4 nitrogen and oxygen atoms in total. The Morgan fingerprint density at radius 2 is 2.05 bits per heavy atom. The molecular weight excluding hydrogens is 250 g/mol. The Balaban J connectivity index is 2.06. The number of nitrogens with zero attached hydrogens (tertiary/aromatic N) is 2. The van der Waals surface area contributed by atoms with Gasteiger partial charge in [0.2, 0.25) is 0 Å². The fourth-order valence-corrected chi connectivity index (χ4v) is 2.24. The first-order chi connectivity index (χ1) is 9.81. The lowest BCUT2D eigenvalue weighted by atomic mass is 10.1. The van der Waals surface area contributed by atoms with Crippen LogP contribution in [0.1, 0.15) is 31.4 Å². The van der Waals surface area contributed by atoms with Gasteiger partial charge in [0.05, 0.1) is 12.2 Å². The number of aromatic nitrogens is 2. The Morgan fingerprint density at radius 1 is 1.25 bits per heavy atom. The summed E-state index contributed by atoms with van der Waals surface area (Å²) in [6, 6.07) is 9.98. The van der Waals surface area contributed by atoms with E-state index in [2.05, 4.69) is 10.3 Å². The van der Waals surface area contributed by atoms with E-state index in [1.54, 1.807) is 0 Å². The van der Waals surface area contributed by atoms with Gasteiger partial charge in [-0.25, -0.2) is 9.97 Å². The summed E-state index contributed by atoms with van der Waals surface area (Å²) in [5, 5.41) is 3.12. The van der Waals surface area contributed by atoms with Crippen molar-refractivity contribution in [2.75, 3.05) is 19.0 Å². The molecule has 1 saturated carbocycles. The lowest BCUT2D eigenvalue weighted by molar-refractivity contribution is 0.341. The fourth-order valence-electron chi connectivity index (χ4n) is 2.24. The topological polar surface area (TPSA) is 47.0 Å². The molecule has 1 N–H and O–H groups in total. The Hall–Kier alpha value is -2.10. The lowest BCUT2D eigenvalue weighted by Gasteiger charge is -2.11. The molecule has 0 amide bonds. The maximum Gasteiger partial charge on any atom is 0.165 e. The second-order valence-corrected chi connectivity index (χ2v) is 4.96. The monoisotopic (exact) mass is 269 g/mol. The molecule has 1 heterocycles. The van der Waals surface area contributed by atoms with Gasteiger partial charge in [0.25, 0.3) is 0 Å². The molecule has 0 atom stereocenters. The van der Waals surface area contributed by atoms with Crippen molar-refractivity contribution in [1.82, 2.24) is 9.97 Å². The van der Waals surface area contributed by atoms with Crippen LogP contribution in [0.25, 0.3) is 11.4 Å². The maximum atomic E-state index is 5.68. The molecule has 1 aromatic carbocycles. The van der Waals surface area contributed by atoms with E-state index in [9.17, 15) is 0 Å². The molecule has 2 aromatic rings. The van der Waals surface area contributed by atoms with E-state index in [-0.39, 0.29) is 0 Å². The van der Waals surface area contributed by atoms with Crippen LogP contribution in [-0.2, 0) is 0 Å². The summed E-state index contributed by atoms with van der Waals surface area (Å²) < 4.78 is 5.68. The molecule has 0 spiro atoms. The highest BCUT2D eigenvalue weighted by Gasteiger charge is 2.26. The summed E-state index contributed by atoms with van der Waals surface area (Å²) in [5.41, 5.74) is 2.08. The third-order valence-electron chi connectivity index (χ3n) is 3.43. The predicted octanol–water partition coefficient (Wildman–Crippen LogP) is 3.46. The number of ether oxygens (including phenoxy) is 1. The minimum Gasteiger partial charge on any atom is -0.493 e. The SMILES string of the molecule is CCOc1ccccc1-c1nc(NC)cc(C2CC2)n1. The lowest BCUT2D eigenvalue weighted by Crippen LogP contribution is -2.02. The van der Waals surface area contributed by atoms with Crippen molar-refractivity contribution in [3.05, 3.63) is 36.0 Å². The number of rotatable bonds is 5. The average Bonchev–Trinajstić information content (AvgIpc) is 3.32. The van der Waals surface area contributed by atoms with E-state index < -0.39 is 0 Å². The number of para-hydroxylation sites is 1. The van der Waals surface area contributed by atoms with Gasteiger partial charge in [-0.05, 0) is 31.9 Å². The van der Waals surface area contributed by atoms with Crippen molar-refractivity contribution >= 4 is 5.82 Å². The molecule has 0 aliphatic heterocycles. The number of nitrogens with one attached hydrogen (secondary N) is 1. The van der Waals surface area contributed by atoms with Crippen LogP contribution < -0.4 is 10.1 Å². The zero-order valence-corrected chi connectivity index (χ0v) is 11.9. The second-order valence-electron chi connectivity index (χ2n) is 4.96. The molecule has 1 aromatic heterocycles. The van der Waals surface area contributed by atoms with Gasteiger partial charge in [-0.1, -0.05) is 12.1 Å². The normalized spacial score (nSPS) is 14.1. The van der Waals surface area contributed by atoms with Gasteiger partial charge in [-0.3, -0.25) is 0 Å². The molecule has 0 bridgehead atoms. The van der Waals surface area contributed by atoms with Gasteiger partial charge < -0.3 is 10.1 Å². The first-order valence-corrected chi connectivity index (χ1v) is 7.10. The summed E-state index contributed by atoms with van der Waals surface area (Å²) in [6.45, 7) is 2.62. The summed E-state index contributed by atoms with van der Waals surface area (Å²) >= 11 is 0. The summed E-state index contributed by atoms with van der Waals surface area (Å²) in [4.78, 5) is 9.30. The third-order valence-corrected chi connectivity index (χ3v) is 3.43. The Labute approximate surface area is 119 Å². The molecule has 4 heteroatoms. The van der Waals surface area contributed by atoms with Gasteiger partial charge in [0.15, 0.2) is 5.82 Å². The predicted molar refractivity (Wildman–Crippen MR) is 80.2 cm³/mol. The second kappa shape index (κ2) is 5.49. The highest BCUT2D eigenvalue weighted by atomic mass is 16.5. The van der Waals surface area contributed by atoms with Crippen LogP contribution in [0.4, 0.5) is 5.82 Å². The summed E-state index contributed by atoms with van der Waals surface area (Å²) in [7, 11) is 1.89. The minimum atomic E-state index is 0.600. The average molecular weight is 269 g/mol. The van der Waals surface area contributed by atoms with Gasteiger partial charge in [-0.15, -0.1) is 0 Å². The fraction of sp³-hybridized carbons (Fsp3) is 0.375. The van der Waals surface area contributed by atoms with E-state index in [0.29, 0.717) is 12.5 Å². The van der Waals surface area contributed by atoms with Crippen molar-refractivity contribution < 1.29 is 4.74 Å². The van der Waals surface area contributed by atoms with Gasteiger partial charge in [0, 0.05) is 24.7 Å². The van der Waals surface area contributed by atoms with E-state index in [1.165, 1.54) is 12.8 Å². The molecule has 20 heavy (non-hydrogen) atoms. The van der Waals surface area contributed by atoms with Crippen LogP contribution >= 0.6 is 0 Å². The van der Waals surface area contributed by atoms with Crippen molar-refractivity contribution in [3.63, 3.8) is 0 Å². The number of hydrogen-bond acceptors (Lipinski definition) is 4. The number of hydrogen-bond donors (Lipinski definition) is 1. The van der Waals surface area contributed by atoms with Crippen LogP contribution in [0.2, 0.25) is 0 Å². The van der Waals surface area contributed by atoms with Crippen molar-refractivity contribution in [1.29, 1.82) is 0 Å². The molecule has 1 aliphatic rings. The first-order valence-electron chi connectivity index (χ1n) is 7.10. The molecular formula is C16H19N3O. The van der Waals surface area contributed by atoms with E-state index in [1.807, 2.05) is 44.3 Å². The Kier molecular flexibility index (Phi) is 3.54. The maximum absolute atomic E-state index is 5.68. The van der Waals surface area contributed by atoms with Crippen LogP contribution in [0.15, 0.2) is 30.3 Å². The molecule has 1 aliphatic carbocycles. The van der Waals surface area contributed by atoms with Crippen LogP contribution in [0.5, 0.6) is 5.75 Å². The van der Waals surface area contributed by atoms with Crippen molar-refractivity contribution in [2.45, 2.75) is 25.7 Å². The van der Waals surface area contributed by atoms with Gasteiger partial charge in [-0.2, -0.15) is 0 Å². The van der Waals surface area contributed by atoms with E-state index >= 15 is 0 Å². The van der Waals surface area contributed by atoms with E-state index in [0.717, 1.165) is 28.6 Å². The Morgan fingerprint density at radius 3 is 2.75 bits per heavy atom. The third kappa shape index (κ3) is 2.59. The summed E-state index contributed by atoms with van der Waals surface area (Å²) in [6.07, 6.45) is 2.46. The zero-order chi connectivity index (χ0) is 13.9. The molecule has 0 unspecified atom stereocenters. The van der Waals surface area contributed by atoms with Crippen LogP contribution in [0, 0.1) is 0 Å². The molecule has 0 saturated heterocycles. The quantitative estimate of drug-likeness (QED) is 0.903. The molecule has 0 radical (unpaired) electrons. The molecule has 104 valence electrons. The first kappa shape index (κ1) is 12.9. The standard InChI is InChI=1S/C16H19N3O/c1-3-20-14-7-5-4-6-12(14)16-18-13(11-8-9-11)10-15(17-2)19-16/h4-7,10-11H,3,8-9H2,1-2H3,(H,17,18,19). The van der Waals surface area contributed by atoms with Gasteiger partial charge >= 0.3 is 0 Å².